The maximum absolute atomic E-state index is 12.5. The van der Waals surface area contributed by atoms with E-state index in [4.69, 9.17) is 0 Å². The first kappa shape index (κ1) is 17.4. The summed E-state index contributed by atoms with van der Waals surface area (Å²) >= 11 is 1.50. The molecule has 0 saturated carbocycles. The van der Waals surface area contributed by atoms with Gasteiger partial charge in [-0.1, -0.05) is 0 Å². The molecule has 0 aliphatic carbocycles. The zero-order chi connectivity index (χ0) is 18.2. The molecule has 2 aromatic carbocycles. The number of thiazole rings is 1. The average Bonchev–Trinajstić information content (AvgIpc) is 2.94. The third-order valence-corrected chi connectivity index (χ3v) is 5.76. The minimum absolute atomic E-state index is 0.161. The summed E-state index contributed by atoms with van der Waals surface area (Å²) in [5, 5.41) is 3.59. The van der Waals surface area contributed by atoms with Crippen LogP contribution in [-0.4, -0.2) is 25.1 Å². The Hall–Kier alpha value is -2.39. The number of carbonyl (C=O) groups excluding carboxylic acids is 1. The monoisotopic (exact) mass is 382 g/mol. The second kappa shape index (κ2) is 6.49. The number of benzene rings is 2. The summed E-state index contributed by atoms with van der Waals surface area (Å²) < 4.78 is 48.7. The number of carbonyl (C=O) groups is 1. The highest BCUT2D eigenvalue weighted by molar-refractivity contribution is 7.91. The van der Waals surface area contributed by atoms with Gasteiger partial charge in [0.05, 0.1) is 20.1 Å². The Bertz CT molecular complexity index is 1040. The summed E-state index contributed by atoms with van der Waals surface area (Å²) in [6.45, 7) is 1.89. The van der Waals surface area contributed by atoms with E-state index in [0.29, 0.717) is 5.69 Å². The number of amides is 1. The van der Waals surface area contributed by atoms with Gasteiger partial charge in [0.2, 0.25) is 9.84 Å². The molecule has 3 aromatic rings. The third kappa shape index (κ3) is 3.52. The van der Waals surface area contributed by atoms with E-state index >= 15 is 0 Å². The van der Waals surface area contributed by atoms with Crippen LogP contribution in [0.15, 0.2) is 47.4 Å². The van der Waals surface area contributed by atoms with Crippen LogP contribution in [0.2, 0.25) is 0 Å². The molecule has 0 bridgehead atoms. The number of fused-ring (bicyclic) bond motifs is 1. The van der Waals surface area contributed by atoms with Crippen molar-refractivity contribution in [3.8, 4) is 0 Å². The van der Waals surface area contributed by atoms with E-state index in [9.17, 15) is 22.0 Å². The smallest absolute Gasteiger partial charge is 0.322 e. The number of aryl methyl sites for hydroxylation is 1. The molecular formula is C16H12F2N2O3S2. The molecule has 5 nitrogen and oxygen atoms in total. The van der Waals surface area contributed by atoms with Gasteiger partial charge >= 0.3 is 5.76 Å². The fourth-order valence-electron chi connectivity index (χ4n) is 2.22. The number of halogens is 2. The zero-order valence-corrected chi connectivity index (χ0v) is 14.5. The van der Waals surface area contributed by atoms with Gasteiger partial charge in [-0.3, -0.25) is 4.79 Å². The summed E-state index contributed by atoms with van der Waals surface area (Å²) in [6, 6.07) is 9.65. The van der Waals surface area contributed by atoms with E-state index in [2.05, 4.69) is 10.3 Å². The van der Waals surface area contributed by atoms with Crippen molar-refractivity contribution in [2.75, 3.05) is 5.32 Å². The number of rotatable bonds is 4. The zero-order valence-electron chi connectivity index (χ0n) is 12.9. The highest BCUT2D eigenvalue weighted by Crippen LogP contribution is 2.25. The van der Waals surface area contributed by atoms with Gasteiger partial charge in [-0.05, 0) is 49.4 Å². The summed E-state index contributed by atoms with van der Waals surface area (Å²) in [7, 11) is -4.67. The Morgan fingerprint density at radius 2 is 1.84 bits per heavy atom. The summed E-state index contributed by atoms with van der Waals surface area (Å²) in [4.78, 5) is 16.0. The van der Waals surface area contributed by atoms with Crippen molar-refractivity contribution in [1.29, 1.82) is 0 Å². The Balaban J connectivity index is 1.80. The molecule has 3 rings (SSSR count). The number of hydrogen-bond acceptors (Lipinski definition) is 5. The third-order valence-electron chi connectivity index (χ3n) is 3.43. The fraction of sp³-hybridized carbons (Fsp3) is 0.125. The predicted octanol–water partition coefficient (Wildman–Crippen LogP) is 3.85. The molecular weight excluding hydrogens is 370 g/mol. The van der Waals surface area contributed by atoms with Gasteiger partial charge in [-0.25, -0.2) is 13.4 Å². The van der Waals surface area contributed by atoms with E-state index in [1.807, 2.05) is 6.92 Å². The topological polar surface area (TPSA) is 76.1 Å². The number of nitrogens with one attached hydrogen (secondary N) is 1. The molecule has 25 heavy (non-hydrogen) atoms. The normalized spacial score (nSPS) is 11.8. The van der Waals surface area contributed by atoms with E-state index in [0.717, 1.165) is 27.4 Å². The lowest BCUT2D eigenvalue weighted by Gasteiger charge is -2.07. The van der Waals surface area contributed by atoms with Crippen molar-refractivity contribution in [2.24, 2.45) is 0 Å². The molecule has 0 atom stereocenters. The van der Waals surface area contributed by atoms with Gasteiger partial charge in [0.15, 0.2) is 0 Å². The van der Waals surface area contributed by atoms with Gasteiger partial charge in [0.25, 0.3) is 5.91 Å². The number of nitrogens with zero attached hydrogens (tertiary/aromatic N) is 1. The van der Waals surface area contributed by atoms with Crippen LogP contribution in [0.4, 0.5) is 14.5 Å². The standard InChI is InChI=1S/C16H12F2N2O3S2/c1-9-19-13-7-4-11(8-14(13)24-9)20-15(21)10-2-5-12(6-3-10)25(22,23)16(17)18/h2-8,16H,1H3,(H,20,21). The molecule has 0 spiro atoms. The van der Waals surface area contributed by atoms with Crippen LogP contribution in [0.25, 0.3) is 10.2 Å². The van der Waals surface area contributed by atoms with E-state index < -0.39 is 26.4 Å². The van der Waals surface area contributed by atoms with E-state index in [-0.39, 0.29) is 5.56 Å². The summed E-state index contributed by atoms with van der Waals surface area (Å²) in [6.07, 6.45) is 0. The molecule has 0 radical (unpaired) electrons. The second-order valence-corrected chi connectivity index (χ2v) is 8.35. The van der Waals surface area contributed by atoms with Crippen molar-refractivity contribution in [1.82, 2.24) is 4.98 Å². The number of alkyl halides is 2. The SMILES string of the molecule is Cc1nc2ccc(NC(=O)c3ccc(S(=O)(=O)C(F)F)cc3)cc2s1. The molecule has 1 aromatic heterocycles. The predicted molar refractivity (Wildman–Crippen MR) is 91.9 cm³/mol. The highest BCUT2D eigenvalue weighted by Gasteiger charge is 2.26. The van der Waals surface area contributed by atoms with Crippen molar-refractivity contribution < 1.29 is 22.0 Å². The number of anilines is 1. The molecule has 1 amide bonds. The maximum atomic E-state index is 12.5. The van der Waals surface area contributed by atoms with Crippen molar-refractivity contribution in [2.45, 2.75) is 17.6 Å². The Labute approximate surface area is 146 Å². The largest absolute Gasteiger partial charge is 0.341 e. The van der Waals surface area contributed by atoms with Crippen LogP contribution in [0, 0.1) is 6.92 Å². The van der Waals surface area contributed by atoms with Crippen molar-refractivity contribution in [3.63, 3.8) is 0 Å². The molecule has 0 unspecified atom stereocenters. The van der Waals surface area contributed by atoms with Crippen molar-refractivity contribution in [3.05, 3.63) is 53.0 Å². The minimum atomic E-state index is -4.67. The molecule has 1 heterocycles. The number of aromatic nitrogens is 1. The molecule has 0 fully saturated rings. The Kier molecular flexibility index (Phi) is 4.53. The highest BCUT2D eigenvalue weighted by atomic mass is 32.2. The van der Waals surface area contributed by atoms with Crippen LogP contribution in [0.1, 0.15) is 15.4 Å². The molecule has 130 valence electrons. The van der Waals surface area contributed by atoms with Gasteiger partial charge in [0.1, 0.15) is 0 Å². The fourth-order valence-corrected chi connectivity index (χ4v) is 3.81. The first-order chi connectivity index (χ1) is 11.8. The molecule has 1 N–H and O–H groups in total. The quantitative estimate of drug-likeness (QED) is 0.744. The lowest BCUT2D eigenvalue weighted by molar-refractivity contribution is 0.102. The molecule has 0 aliphatic heterocycles. The van der Waals surface area contributed by atoms with Crippen LogP contribution < -0.4 is 5.32 Å². The maximum Gasteiger partial charge on any atom is 0.341 e. The Morgan fingerprint density at radius 3 is 2.48 bits per heavy atom. The van der Waals surface area contributed by atoms with Crippen LogP contribution in [-0.2, 0) is 9.84 Å². The Morgan fingerprint density at radius 1 is 1.16 bits per heavy atom. The number of sulfone groups is 1. The average molecular weight is 382 g/mol. The van der Waals surface area contributed by atoms with Crippen LogP contribution in [0.5, 0.6) is 0 Å². The van der Waals surface area contributed by atoms with E-state index in [1.54, 1.807) is 18.2 Å². The molecule has 0 aliphatic rings. The van der Waals surface area contributed by atoms with Gasteiger partial charge < -0.3 is 5.32 Å². The second-order valence-electron chi connectivity index (χ2n) is 5.20. The number of hydrogen-bond donors (Lipinski definition) is 1. The van der Waals surface area contributed by atoms with Crippen LogP contribution >= 0.6 is 11.3 Å². The van der Waals surface area contributed by atoms with Gasteiger partial charge in [-0.15, -0.1) is 11.3 Å². The molecule has 0 saturated heterocycles. The van der Waals surface area contributed by atoms with Gasteiger partial charge in [-0.2, -0.15) is 8.78 Å². The lowest BCUT2D eigenvalue weighted by Crippen LogP contribution is -2.14. The first-order valence-corrected chi connectivity index (χ1v) is 9.44. The lowest BCUT2D eigenvalue weighted by atomic mass is 10.2. The van der Waals surface area contributed by atoms with Crippen LogP contribution in [0.3, 0.4) is 0 Å². The molecule has 9 heteroatoms. The van der Waals surface area contributed by atoms with E-state index in [1.165, 1.54) is 23.5 Å². The minimum Gasteiger partial charge on any atom is -0.322 e. The van der Waals surface area contributed by atoms with Crippen molar-refractivity contribution >= 4 is 43.0 Å². The summed E-state index contributed by atoms with van der Waals surface area (Å²) in [5.74, 6) is -3.97. The van der Waals surface area contributed by atoms with Gasteiger partial charge in [0, 0.05) is 11.3 Å². The first-order valence-electron chi connectivity index (χ1n) is 7.08. The summed E-state index contributed by atoms with van der Waals surface area (Å²) in [5.41, 5.74) is 1.56.